The summed E-state index contributed by atoms with van der Waals surface area (Å²) in [6, 6.07) is 8.68. The van der Waals surface area contributed by atoms with Gasteiger partial charge >= 0.3 is 0 Å². The number of carbonyl (C=O) groups is 1. The van der Waals surface area contributed by atoms with E-state index in [0.29, 0.717) is 40.6 Å². The maximum atomic E-state index is 12.7. The lowest BCUT2D eigenvalue weighted by Gasteiger charge is -2.12. The Morgan fingerprint density at radius 2 is 2.19 bits per heavy atom. The first kappa shape index (κ1) is 18.2. The number of thioether (sulfide) groups is 1. The number of carbonyl (C=O) groups excluding carboxylic acids is 1. The minimum absolute atomic E-state index is 0.0324. The van der Waals surface area contributed by atoms with E-state index in [2.05, 4.69) is 15.5 Å². The third-order valence-electron chi connectivity index (χ3n) is 3.59. The molecule has 0 aliphatic heterocycles. The number of hydrogen-bond acceptors (Lipinski definition) is 7. The molecule has 0 aliphatic rings. The number of hydrogen-bond donors (Lipinski definition) is 2. The standard InChI is InChI=1S/C17H18N4O4S/c1-11-9-14(20-25-11)19-15(23)10-26-17-18-13-6-3-2-5-12(13)16(24)21(17)7-4-8-22/h2-3,5-6,9,22H,4,7-8,10H2,1H3,(H,19,20,23). The molecule has 3 rings (SSSR count). The highest BCUT2D eigenvalue weighted by Crippen LogP contribution is 2.18. The number of fused-ring (bicyclic) bond motifs is 1. The minimum Gasteiger partial charge on any atom is -0.396 e. The molecule has 2 heterocycles. The Morgan fingerprint density at radius 3 is 2.92 bits per heavy atom. The smallest absolute Gasteiger partial charge is 0.262 e. The van der Waals surface area contributed by atoms with Gasteiger partial charge < -0.3 is 14.9 Å². The summed E-state index contributed by atoms with van der Waals surface area (Å²) < 4.78 is 6.40. The van der Waals surface area contributed by atoms with Gasteiger partial charge in [-0.15, -0.1) is 0 Å². The van der Waals surface area contributed by atoms with Gasteiger partial charge in [0.25, 0.3) is 5.56 Å². The van der Waals surface area contributed by atoms with Gasteiger partial charge in [-0.05, 0) is 25.5 Å². The van der Waals surface area contributed by atoms with Crippen LogP contribution in [-0.2, 0) is 11.3 Å². The zero-order chi connectivity index (χ0) is 18.5. The van der Waals surface area contributed by atoms with Crippen molar-refractivity contribution in [3.05, 3.63) is 46.4 Å². The molecule has 0 atom stereocenters. The molecule has 26 heavy (non-hydrogen) atoms. The summed E-state index contributed by atoms with van der Waals surface area (Å²) in [6.07, 6.45) is 0.428. The summed E-state index contributed by atoms with van der Waals surface area (Å²) in [6.45, 7) is 2.03. The monoisotopic (exact) mass is 374 g/mol. The average molecular weight is 374 g/mol. The number of aliphatic hydroxyl groups excluding tert-OH is 1. The molecule has 0 saturated heterocycles. The highest BCUT2D eigenvalue weighted by Gasteiger charge is 2.14. The van der Waals surface area contributed by atoms with Crippen LogP contribution in [0.2, 0.25) is 0 Å². The van der Waals surface area contributed by atoms with Crippen molar-refractivity contribution in [2.75, 3.05) is 17.7 Å². The Labute approximate surface area is 153 Å². The number of aryl methyl sites for hydroxylation is 1. The van der Waals surface area contributed by atoms with Crippen molar-refractivity contribution >= 4 is 34.4 Å². The van der Waals surface area contributed by atoms with E-state index in [1.54, 1.807) is 37.3 Å². The summed E-state index contributed by atoms with van der Waals surface area (Å²) in [5.74, 6) is 0.731. The molecule has 8 nitrogen and oxygen atoms in total. The average Bonchev–Trinajstić information content (AvgIpc) is 3.04. The van der Waals surface area contributed by atoms with Crippen molar-refractivity contribution in [1.29, 1.82) is 0 Å². The van der Waals surface area contributed by atoms with Crippen molar-refractivity contribution in [3.63, 3.8) is 0 Å². The van der Waals surface area contributed by atoms with Gasteiger partial charge in [0.05, 0.1) is 16.7 Å². The summed E-state index contributed by atoms with van der Waals surface area (Å²) in [5, 5.41) is 16.4. The minimum atomic E-state index is -0.278. The van der Waals surface area contributed by atoms with E-state index in [9.17, 15) is 9.59 Å². The van der Waals surface area contributed by atoms with E-state index in [-0.39, 0.29) is 23.8 Å². The van der Waals surface area contributed by atoms with Crippen molar-refractivity contribution < 1.29 is 14.4 Å². The number of rotatable bonds is 7. The SMILES string of the molecule is Cc1cc(NC(=O)CSc2nc3ccccc3c(=O)n2CCCO)no1. The number of benzene rings is 1. The van der Waals surface area contributed by atoms with Crippen LogP contribution >= 0.6 is 11.8 Å². The molecule has 2 aromatic heterocycles. The maximum absolute atomic E-state index is 12.7. The second-order valence-electron chi connectivity index (χ2n) is 5.61. The Bertz CT molecular complexity index is 982. The number of nitrogens with zero attached hydrogens (tertiary/aromatic N) is 3. The fourth-order valence-corrected chi connectivity index (χ4v) is 3.24. The van der Waals surface area contributed by atoms with Crippen LogP contribution in [0.3, 0.4) is 0 Å². The van der Waals surface area contributed by atoms with E-state index in [1.807, 2.05) is 0 Å². The van der Waals surface area contributed by atoms with Crippen LogP contribution in [0.1, 0.15) is 12.2 Å². The van der Waals surface area contributed by atoms with Crippen LogP contribution in [0.25, 0.3) is 10.9 Å². The lowest BCUT2D eigenvalue weighted by molar-refractivity contribution is -0.113. The first-order chi connectivity index (χ1) is 12.6. The van der Waals surface area contributed by atoms with E-state index < -0.39 is 0 Å². The molecular formula is C17H18N4O4S. The third kappa shape index (κ3) is 4.12. The number of amides is 1. The molecular weight excluding hydrogens is 356 g/mol. The highest BCUT2D eigenvalue weighted by molar-refractivity contribution is 7.99. The van der Waals surface area contributed by atoms with Crippen molar-refractivity contribution in [2.45, 2.75) is 25.0 Å². The third-order valence-corrected chi connectivity index (χ3v) is 4.57. The molecule has 1 amide bonds. The van der Waals surface area contributed by atoms with Gasteiger partial charge in [-0.3, -0.25) is 14.2 Å². The van der Waals surface area contributed by atoms with E-state index in [1.165, 1.54) is 4.57 Å². The molecule has 0 spiro atoms. The molecule has 0 unspecified atom stereocenters. The zero-order valence-electron chi connectivity index (χ0n) is 14.1. The highest BCUT2D eigenvalue weighted by atomic mass is 32.2. The van der Waals surface area contributed by atoms with Gasteiger partial charge in [-0.25, -0.2) is 4.98 Å². The van der Waals surface area contributed by atoms with Crippen LogP contribution in [0.5, 0.6) is 0 Å². The predicted molar refractivity (Wildman–Crippen MR) is 98.3 cm³/mol. The van der Waals surface area contributed by atoms with Crippen LogP contribution < -0.4 is 10.9 Å². The van der Waals surface area contributed by atoms with Gasteiger partial charge in [0.1, 0.15) is 5.76 Å². The Kier molecular flexibility index (Phi) is 5.69. The number of aromatic nitrogens is 3. The van der Waals surface area contributed by atoms with E-state index >= 15 is 0 Å². The topological polar surface area (TPSA) is 110 Å². The normalized spacial score (nSPS) is 11.0. The lowest BCUT2D eigenvalue weighted by atomic mass is 10.2. The molecule has 0 aliphatic carbocycles. The molecule has 0 saturated carbocycles. The Morgan fingerprint density at radius 1 is 1.38 bits per heavy atom. The molecule has 2 N–H and O–H groups in total. The van der Waals surface area contributed by atoms with Crippen molar-refractivity contribution in [1.82, 2.24) is 14.7 Å². The number of anilines is 1. The largest absolute Gasteiger partial charge is 0.396 e. The van der Waals surface area contributed by atoms with Gasteiger partial charge in [0, 0.05) is 19.2 Å². The molecule has 0 bridgehead atoms. The second-order valence-corrected chi connectivity index (χ2v) is 6.55. The number of nitrogens with one attached hydrogen (secondary N) is 1. The van der Waals surface area contributed by atoms with Gasteiger partial charge in [0.2, 0.25) is 5.91 Å². The van der Waals surface area contributed by atoms with Crippen LogP contribution in [0, 0.1) is 6.92 Å². The van der Waals surface area contributed by atoms with Crippen LogP contribution in [0.15, 0.2) is 44.8 Å². The lowest BCUT2D eigenvalue weighted by Crippen LogP contribution is -2.24. The number of aliphatic hydroxyl groups is 1. The quantitative estimate of drug-likeness (QED) is 0.479. The summed E-state index contributed by atoms with van der Waals surface area (Å²) in [5.41, 5.74) is 0.395. The molecule has 136 valence electrons. The van der Waals surface area contributed by atoms with Gasteiger partial charge in [-0.1, -0.05) is 29.1 Å². The predicted octanol–water partition coefficient (Wildman–Crippen LogP) is 1.81. The Balaban J connectivity index is 1.81. The Hall–Kier alpha value is -2.65. The summed E-state index contributed by atoms with van der Waals surface area (Å²) in [4.78, 5) is 29.3. The van der Waals surface area contributed by atoms with E-state index in [0.717, 1.165) is 11.8 Å². The van der Waals surface area contributed by atoms with Crippen LogP contribution in [0.4, 0.5) is 5.82 Å². The summed E-state index contributed by atoms with van der Waals surface area (Å²) in [7, 11) is 0. The molecule has 3 aromatic rings. The molecule has 0 radical (unpaired) electrons. The molecule has 9 heteroatoms. The van der Waals surface area contributed by atoms with Crippen molar-refractivity contribution in [2.24, 2.45) is 0 Å². The maximum Gasteiger partial charge on any atom is 0.262 e. The molecule has 1 aromatic carbocycles. The van der Waals surface area contributed by atoms with Crippen molar-refractivity contribution in [3.8, 4) is 0 Å². The van der Waals surface area contributed by atoms with Gasteiger partial charge in [0.15, 0.2) is 11.0 Å². The fraction of sp³-hybridized carbons (Fsp3) is 0.294. The second kappa shape index (κ2) is 8.15. The summed E-state index contributed by atoms with van der Waals surface area (Å²) >= 11 is 1.16. The first-order valence-electron chi connectivity index (χ1n) is 8.05. The molecule has 0 fully saturated rings. The zero-order valence-corrected chi connectivity index (χ0v) is 15.0. The first-order valence-corrected chi connectivity index (χ1v) is 9.03. The van der Waals surface area contributed by atoms with E-state index in [4.69, 9.17) is 9.63 Å². The van der Waals surface area contributed by atoms with Crippen LogP contribution in [-0.4, -0.2) is 38.1 Å². The fourth-order valence-electron chi connectivity index (χ4n) is 2.42. The number of para-hydroxylation sites is 1. The van der Waals surface area contributed by atoms with Gasteiger partial charge in [-0.2, -0.15) is 0 Å².